The SMILES string of the molecule is FC(F)(F)c1ccc(OCC2Cn3c(nc4cnccc43)O2)nc1. The van der Waals surface area contributed by atoms with Crippen LogP contribution in [0.3, 0.4) is 0 Å². The number of ether oxygens (including phenoxy) is 2. The van der Waals surface area contributed by atoms with Crippen LogP contribution in [0, 0.1) is 0 Å². The predicted molar refractivity (Wildman–Crippen MR) is 76.7 cm³/mol. The summed E-state index contributed by atoms with van der Waals surface area (Å²) in [6, 6.07) is 4.45. The third kappa shape index (κ3) is 2.61. The summed E-state index contributed by atoms with van der Waals surface area (Å²) in [4.78, 5) is 12.0. The van der Waals surface area contributed by atoms with Crippen LogP contribution in [0.4, 0.5) is 13.2 Å². The Bertz CT molecular complexity index is 877. The van der Waals surface area contributed by atoms with Crippen LogP contribution >= 0.6 is 0 Å². The van der Waals surface area contributed by atoms with Crippen molar-refractivity contribution in [3.8, 4) is 11.9 Å². The highest BCUT2D eigenvalue weighted by atomic mass is 19.4. The van der Waals surface area contributed by atoms with Gasteiger partial charge in [-0.1, -0.05) is 0 Å². The first-order valence-electron chi connectivity index (χ1n) is 7.13. The van der Waals surface area contributed by atoms with E-state index in [9.17, 15) is 13.2 Å². The van der Waals surface area contributed by atoms with Crippen molar-refractivity contribution >= 4 is 11.0 Å². The average Bonchev–Trinajstić information content (AvgIpc) is 3.10. The maximum absolute atomic E-state index is 12.5. The first kappa shape index (κ1) is 14.7. The topological polar surface area (TPSA) is 62.1 Å². The molecule has 0 bridgehead atoms. The molecular weight excluding hydrogens is 325 g/mol. The Kier molecular flexibility index (Phi) is 3.29. The van der Waals surface area contributed by atoms with Crippen LogP contribution in [-0.2, 0) is 12.7 Å². The van der Waals surface area contributed by atoms with Crippen molar-refractivity contribution in [3.05, 3.63) is 42.4 Å². The number of hydrogen-bond donors (Lipinski definition) is 0. The third-order valence-corrected chi connectivity index (χ3v) is 3.65. The molecule has 1 unspecified atom stereocenters. The summed E-state index contributed by atoms with van der Waals surface area (Å²) in [5, 5.41) is 0. The van der Waals surface area contributed by atoms with E-state index >= 15 is 0 Å². The van der Waals surface area contributed by atoms with Crippen LogP contribution in [0.15, 0.2) is 36.8 Å². The van der Waals surface area contributed by atoms with Crippen molar-refractivity contribution in [2.24, 2.45) is 0 Å². The Balaban J connectivity index is 1.40. The molecule has 1 aliphatic heterocycles. The van der Waals surface area contributed by atoms with E-state index in [-0.39, 0.29) is 18.6 Å². The second-order valence-electron chi connectivity index (χ2n) is 5.30. The number of nitrogens with zero attached hydrogens (tertiary/aromatic N) is 4. The normalized spacial score (nSPS) is 16.9. The lowest BCUT2D eigenvalue weighted by Crippen LogP contribution is -2.24. The van der Waals surface area contributed by atoms with Gasteiger partial charge in [-0.05, 0) is 12.1 Å². The molecule has 4 rings (SSSR count). The fourth-order valence-electron chi connectivity index (χ4n) is 2.51. The molecule has 4 heterocycles. The predicted octanol–water partition coefficient (Wildman–Crippen LogP) is 2.69. The summed E-state index contributed by atoms with van der Waals surface area (Å²) in [5.41, 5.74) is 0.846. The van der Waals surface area contributed by atoms with Crippen molar-refractivity contribution < 1.29 is 22.6 Å². The van der Waals surface area contributed by atoms with Crippen LogP contribution in [0.1, 0.15) is 5.56 Å². The van der Waals surface area contributed by atoms with Gasteiger partial charge in [-0.15, -0.1) is 0 Å². The molecule has 3 aromatic rings. The molecule has 0 saturated heterocycles. The van der Waals surface area contributed by atoms with E-state index in [1.54, 1.807) is 12.4 Å². The van der Waals surface area contributed by atoms with E-state index in [4.69, 9.17) is 9.47 Å². The van der Waals surface area contributed by atoms with Gasteiger partial charge in [-0.2, -0.15) is 18.2 Å². The van der Waals surface area contributed by atoms with Gasteiger partial charge in [0.25, 0.3) is 6.01 Å². The first-order chi connectivity index (χ1) is 11.5. The number of imidazole rings is 1. The minimum Gasteiger partial charge on any atom is -0.474 e. The Morgan fingerprint density at radius 1 is 1.25 bits per heavy atom. The smallest absolute Gasteiger partial charge is 0.417 e. The largest absolute Gasteiger partial charge is 0.474 e. The van der Waals surface area contributed by atoms with Crippen molar-refractivity contribution in [2.75, 3.05) is 6.61 Å². The Morgan fingerprint density at radius 2 is 2.12 bits per heavy atom. The van der Waals surface area contributed by atoms with Crippen LogP contribution in [0.2, 0.25) is 0 Å². The van der Waals surface area contributed by atoms with E-state index in [2.05, 4.69) is 15.0 Å². The highest BCUT2D eigenvalue weighted by molar-refractivity contribution is 5.75. The number of halogens is 3. The second-order valence-corrected chi connectivity index (χ2v) is 5.30. The van der Waals surface area contributed by atoms with Gasteiger partial charge in [0.1, 0.15) is 12.1 Å². The number of rotatable bonds is 3. The summed E-state index contributed by atoms with van der Waals surface area (Å²) in [5.74, 6) is 0.116. The molecule has 0 amide bonds. The van der Waals surface area contributed by atoms with Gasteiger partial charge >= 0.3 is 6.18 Å². The first-order valence-corrected chi connectivity index (χ1v) is 7.13. The summed E-state index contributed by atoms with van der Waals surface area (Å²) in [6.45, 7) is 0.699. The Labute approximate surface area is 133 Å². The van der Waals surface area contributed by atoms with Crippen molar-refractivity contribution in [2.45, 2.75) is 18.8 Å². The van der Waals surface area contributed by atoms with Gasteiger partial charge in [-0.25, -0.2) is 4.98 Å². The summed E-state index contributed by atoms with van der Waals surface area (Å²) < 4.78 is 50.4. The van der Waals surface area contributed by atoms with Crippen LogP contribution in [0.5, 0.6) is 11.9 Å². The maximum Gasteiger partial charge on any atom is 0.417 e. The zero-order valence-corrected chi connectivity index (χ0v) is 12.2. The van der Waals surface area contributed by atoms with Gasteiger partial charge in [0.2, 0.25) is 5.88 Å². The molecule has 0 radical (unpaired) electrons. The molecule has 0 aromatic carbocycles. The van der Waals surface area contributed by atoms with E-state index in [0.717, 1.165) is 23.3 Å². The fraction of sp³-hybridized carbons (Fsp3) is 0.267. The number of fused-ring (bicyclic) bond motifs is 3. The maximum atomic E-state index is 12.5. The lowest BCUT2D eigenvalue weighted by atomic mass is 10.3. The molecule has 0 spiro atoms. The molecule has 1 atom stereocenters. The minimum atomic E-state index is -4.41. The minimum absolute atomic E-state index is 0.116. The number of pyridine rings is 2. The lowest BCUT2D eigenvalue weighted by Gasteiger charge is -2.11. The van der Waals surface area contributed by atoms with E-state index in [0.29, 0.717) is 12.6 Å². The highest BCUT2D eigenvalue weighted by Gasteiger charge is 2.31. The van der Waals surface area contributed by atoms with Crippen LogP contribution in [-0.4, -0.2) is 32.2 Å². The number of aromatic nitrogens is 4. The van der Waals surface area contributed by atoms with E-state index in [1.807, 2.05) is 10.6 Å². The standard InChI is InChI=1S/C15H11F3N4O2/c16-15(17,18)9-1-2-13(20-5-9)23-8-10-7-22-12-3-4-19-6-11(12)21-14(22)24-10/h1-6,10H,7-8H2. The van der Waals surface area contributed by atoms with Crippen LogP contribution in [0.25, 0.3) is 11.0 Å². The van der Waals surface area contributed by atoms with Gasteiger partial charge in [-0.3, -0.25) is 9.55 Å². The van der Waals surface area contributed by atoms with Gasteiger partial charge in [0.05, 0.1) is 23.8 Å². The molecule has 6 nitrogen and oxygen atoms in total. The molecule has 0 fully saturated rings. The zero-order chi connectivity index (χ0) is 16.7. The van der Waals surface area contributed by atoms with Crippen LogP contribution < -0.4 is 9.47 Å². The quantitative estimate of drug-likeness (QED) is 0.736. The van der Waals surface area contributed by atoms with Crippen molar-refractivity contribution in [3.63, 3.8) is 0 Å². The van der Waals surface area contributed by atoms with E-state index < -0.39 is 11.7 Å². The molecular formula is C15H11F3N4O2. The van der Waals surface area contributed by atoms with Gasteiger partial charge < -0.3 is 9.47 Å². The molecule has 1 aliphatic rings. The van der Waals surface area contributed by atoms with Gasteiger partial charge in [0, 0.05) is 18.5 Å². The molecule has 0 saturated carbocycles. The molecule has 9 heteroatoms. The van der Waals surface area contributed by atoms with Crippen molar-refractivity contribution in [1.82, 2.24) is 19.5 Å². The lowest BCUT2D eigenvalue weighted by molar-refractivity contribution is -0.137. The summed E-state index contributed by atoms with van der Waals surface area (Å²) in [7, 11) is 0. The third-order valence-electron chi connectivity index (χ3n) is 3.65. The zero-order valence-electron chi connectivity index (χ0n) is 12.2. The molecule has 124 valence electrons. The summed E-state index contributed by atoms with van der Waals surface area (Å²) >= 11 is 0. The highest BCUT2D eigenvalue weighted by Crippen LogP contribution is 2.30. The number of hydrogen-bond acceptors (Lipinski definition) is 5. The van der Waals surface area contributed by atoms with Gasteiger partial charge in [0.15, 0.2) is 6.10 Å². The molecule has 24 heavy (non-hydrogen) atoms. The average molecular weight is 336 g/mol. The molecule has 3 aromatic heterocycles. The Morgan fingerprint density at radius 3 is 2.88 bits per heavy atom. The molecule has 0 aliphatic carbocycles. The monoisotopic (exact) mass is 336 g/mol. The van der Waals surface area contributed by atoms with E-state index in [1.165, 1.54) is 6.07 Å². The Hall–Kier alpha value is -2.84. The molecule has 0 N–H and O–H groups in total. The second kappa shape index (κ2) is 5.36. The van der Waals surface area contributed by atoms with Crippen molar-refractivity contribution in [1.29, 1.82) is 0 Å². The summed E-state index contributed by atoms with van der Waals surface area (Å²) in [6.07, 6.45) is -0.620. The number of alkyl halides is 3. The fourth-order valence-corrected chi connectivity index (χ4v) is 2.51.